The number of aromatic amines is 1. The summed E-state index contributed by atoms with van der Waals surface area (Å²) in [5.41, 5.74) is 7.81. The molecule has 1 heterocycles. The highest BCUT2D eigenvalue weighted by Gasteiger charge is 2.30. The molecule has 0 spiro atoms. The molecule has 2 unspecified atom stereocenters. The van der Waals surface area contributed by atoms with Crippen LogP contribution in [0.4, 0.5) is 5.69 Å². The molecular formula is C19H23ClN2O3. The largest absolute Gasteiger partial charge is 0.462 e. The first-order valence-electron chi connectivity index (χ1n) is 8.74. The van der Waals surface area contributed by atoms with Crippen LogP contribution in [0.5, 0.6) is 0 Å². The van der Waals surface area contributed by atoms with Gasteiger partial charge in [-0.3, -0.25) is 4.79 Å². The van der Waals surface area contributed by atoms with Crippen LogP contribution in [0.1, 0.15) is 60.4 Å². The first-order valence-corrected chi connectivity index (χ1v) is 9.12. The number of Topliss-reactive ketones (excluding diaryl/α,β-unsaturated/α-hetero) is 1. The van der Waals surface area contributed by atoms with Crippen LogP contribution in [-0.4, -0.2) is 23.3 Å². The second-order valence-corrected chi connectivity index (χ2v) is 7.28. The fourth-order valence-corrected chi connectivity index (χ4v) is 3.98. The van der Waals surface area contributed by atoms with Crippen molar-refractivity contribution < 1.29 is 14.3 Å². The zero-order valence-corrected chi connectivity index (χ0v) is 15.3. The predicted molar refractivity (Wildman–Crippen MR) is 99.1 cm³/mol. The molecular weight excluding hydrogens is 340 g/mol. The Morgan fingerprint density at radius 3 is 2.80 bits per heavy atom. The average molecular weight is 363 g/mol. The van der Waals surface area contributed by atoms with E-state index in [1.807, 2.05) is 0 Å². The van der Waals surface area contributed by atoms with Gasteiger partial charge >= 0.3 is 5.97 Å². The Bertz CT molecular complexity index is 828. The first kappa shape index (κ1) is 17.8. The fourth-order valence-electron chi connectivity index (χ4n) is 3.76. The van der Waals surface area contributed by atoms with E-state index < -0.39 is 5.97 Å². The van der Waals surface area contributed by atoms with Gasteiger partial charge < -0.3 is 15.5 Å². The van der Waals surface area contributed by atoms with E-state index in [9.17, 15) is 9.59 Å². The third kappa shape index (κ3) is 3.38. The highest BCUT2D eigenvalue weighted by Crippen LogP contribution is 2.36. The molecule has 0 saturated heterocycles. The number of rotatable bonds is 4. The topological polar surface area (TPSA) is 85.2 Å². The van der Waals surface area contributed by atoms with Gasteiger partial charge in [-0.2, -0.15) is 0 Å². The molecule has 0 aliphatic heterocycles. The van der Waals surface area contributed by atoms with Crippen molar-refractivity contribution in [2.24, 2.45) is 11.8 Å². The van der Waals surface area contributed by atoms with Crippen molar-refractivity contribution in [2.75, 3.05) is 12.3 Å². The third-order valence-electron chi connectivity index (χ3n) is 4.95. The maximum atomic E-state index is 13.0. The monoisotopic (exact) mass is 362 g/mol. The van der Waals surface area contributed by atoms with Gasteiger partial charge in [0.15, 0.2) is 5.78 Å². The van der Waals surface area contributed by atoms with Crippen LogP contribution in [0.15, 0.2) is 12.1 Å². The van der Waals surface area contributed by atoms with Gasteiger partial charge in [0.1, 0.15) is 5.69 Å². The number of H-pyrrole nitrogens is 1. The maximum Gasteiger partial charge on any atom is 0.338 e. The number of hydrogen-bond acceptors (Lipinski definition) is 4. The lowest BCUT2D eigenvalue weighted by Gasteiger charge is -2.25. The lowest BCUT2D eigenvalue weighted by molar-refractivity contribution is 0.0528. The molecule has 1 aromatic heterocycles. The van der Waals surface area contributed by atoms with Crippen molar-refractivity contribution in [2.45, 2.75) is 39.5 Å². The summed E-state index contributed by atoms with van der Waals surface area (Å²) < 4.78 is 5.09. The van der Waals surface area contributed by atoms with Crippen molar-refractivity contribution in [1.82, 2.24) is 4.98 Å². The molecule has 1 aliphatic carbocycles. The lowest BCUT2D eigenvalue weighted by atomic mass is 9.79. The number of nitrogen functional groups attached to an aromatic ring is 1. The second kappa shape index (κ2) is 7.08. The van der Waals surface area contributed by atoms with E-state index in [4.69, 9.17) is 22.1 Å². The quantitative estimate of drug-likeness (QED) is 0.615. The van der Waals surface area contributed by atoms with Crippen molar-refractivity contribution in [3.63, 3.8) is 0 Å². The van der Waals surface area contributed by atoms with E-state index in [1.165, 1.54) is 6.07 Å². The number of aromatic nitrogens is 1. The van der Waals surface area contributed by atoms with Crippen molar-refractivity contribution in [3.05, 3.63) is 28.4 Å². The van der Waals surface area contributed by atoms with Crippen LogP contribution in [0.25, 0.3) is 10.9 Å². The van der Waals surface area contributed by atoms with Crippen LogP contribution in [0.3, 0.4) is 0 Å². The predicted octanol–water partition coefficient (Wildman–Crippen LogP) is 4.59. The molecule has 25 heavy (non-hydrogen) atoms. The molecule has 6 heteroatoms. The zero-order valence-electron chi connectivity index (χ0n) is 14.5. The van der Waals surface area contributed by atoms with Gasteiger partial charge in [0, 0.05) is 16.3 Å². The smallest absolute Gasteiger partial charge is 0.338 e. The first-order chi connectivity index (χ1) is 11.9. The van der Waals surface area contributed by atoms with Gasteiger partial charge in [0.2, 0.25) is 0 Å². The number of hydrogen-bond donors (Lipinski definition) is 2. The minimum absolute atomic E-state index is 0.0196. The van der Waals surface area contributed by atoms with Crippen LogP contribution in [0, 0.1) is 11.8 Å². The van der Waals surface area contributed by atoms with E-state index in [0.29, 0.717) is 33.2 Å². The number of ether oxygens (including phenoxy) is 1. The number of nitrogens with two attached hydrogens (primary N) is 1. The summed E-state index contributed by atoms with van der Waals surface area (Å²) in [6.45, 7) is 4.16. The number of carbonyl (C=O) groups is 2. The Kier molecular flexibility index (Phi) is 5.04. The fraction of sp³-hybridized carbons (Fsp3) is 0.474. The van der Waals surface area contributed by atoms with E-state index in [1.54, 1.807) is 13.0 Å². The van der Waals surface area contributed by atoms with E-state index >= 15 is 0 Å². The Morgan fingerprint density at radius 2 is 2.12 bits per heavy atom. The molecule has 2 atom stereocenters. The number of ketones is 1. The molecule has 1 fully saturated rings. The molecule has 1 aromatic carbocycles. The summed E-state index contributed by atoms with van der Waals surface area (Å²) in [5, 5.41) is 0.900. The number of benzene rings is 1. The van der Waals surface area contributed by atoms with Gasteiger partial charge in [0.25, 0.3) is 0 Å². The van der Waals surface area contributed by atoms with Gasteiger partial charge in [-0.25, -0.2) is 4.79 Å². The normalized spacial score (nSPS) is 20.6. The molecule has 0 bridgehead atoms. The highest BCUT2D eigenvalue weighted by molar-refractivity contribution is 6.32. The molecule has 1 aliphatic rings. The zero-order chi connectivity index (χ0) is 18.1. The number of esters is 1. The molecule has 2 aromatic rings. The van der Waals surface area contributed by atoms with Gasteiger partial charge in [-0.1, -0.05) is 31.4 Å². The van der Waals surface area contributed by atoms with Crippen molar-refractivity contribution in [3.8, 4) is 0 Å². The summed E-state index contributed by atoms with van der Waals surface area (Å²) in [6.07, 6.45) is 3.97. The number of halogens is 1. The van der Waals surface area contributed by atoms with Gasteiger partial charge in [-0.05, 0) is 37.8 Å². The summed E-state index contributed by atoms with van der Waals surface area (Å²) in [7, 11) is 0. The average Bonchev–Trinajstić information content (AvgIpc) is 2.90. The second-order valence-electron chi connectivity index (χ2n) is 6.84. The summed E-state index contributed by atoms with van der Waals surface area (Å²) in [5.74, 6) is 0.0376. The van der Waals surface area contributed by atoms with Crippen molar-refractivity contribution >= 4 is 39.9 Å². The van der Waals surface area contributed by atoms with Crippen LogP contribution in [-0.2, 0) is 4.74 Å². The lowest BCUT2D eigenvalue weighted by Crippen LogP contribution is -2.22. The molecule has 0 radical (unpaired) electrons. The molecule has 3 rings (SSSR count). The Balaban J connectivity index is 2.06. The molecule has 5 nitrogen and oxygen atoms in total. The molecule has 1 saturated carbocycles. The molecule has 3 N–H and O–H groups in total. The standard InChI is InChI=1S/C19H23ClN2O3/c1-3-25-19(24)13-8-12(20)9-14-15(13)16(21)17(22-14)18(23)11-6-4-5-10(2)7-11/h8-11,22H,3-7,21H2,1-2H3. The third-order valence-corrected chi connectivity index (χ3v) is 5.17. The molecule has 134 valence electrons. The van der Waals surface area contributed by atoms with Crippen molar-refractivity contribution in [1.29, 1.82) is 0 Å². The Hall–Kier alpha value is -2.01. The minimum atomic E-state index is -0.494. The van der Waals surface area contributed by atoms with Crippen LogP contribution in [0.2, 0.25) is 5.02 Å². The highest BCUT2D eigenvalue weighted by atomic mass is 35.5. The summed E-state index contributed by atoms with van der Waals surface area (Å²) in [4.78, 5) is 28.3. The van der Waals surface area contributed by atoms with E-state index in [-0.39, 0.29) is 23.9 Å². The number of anilines is 1. The van der Waals surface area contributed by atoms with Gasteiger partial charge in [0.05, 0.1) is 23.4 Å². The number of fused-ring (bicyclic) bond motifs is 1. The Morgan fingerprint density at radius 1 is 1.36 bits per heavy atom. The summed E-state index contributed by atoms with van der Waals surface area (Å²) >= 11 is 6.12. The maximum absolute atomic E-state index is 13.0. The number of nitrogens with one attached hydrogen (secondary N) is 1. The van der Waals surface area contributed by atoms with Gasteiger partial charge in [-0.15, -0.1) is 0 Å². The van der Waals surface area contributed by atoms with E-state index in [2.05, 4.69) is 11.9 Å². The minimum Gasteiger partial charge on any atom is -0.462 e. The van der Waals surface area contributed by atoms with E-state index in [0.717, 1.165) is 25.7 Å². The Labute approximate surface area is 151 Å². The number of carbonyl (C=O) groups excluding carboxylic acids is 2. The van der Waals surface area contributed by atoms with Crippen LogP contribution < -0.4 is 5.73 Å². The van der Waals surface area contributed by atoms with Crippen LogP contribution >= 0.6 is 11.6 Å². The summed E-state index contributed by atoms with van der Waals surface area (Å²) in [6, 6.07) is 3.21. The SMILES string of the molecule is CCOC(=O)c1cc(Cl)cc2[nH]c(C(=O)C3CCCC(C)C3)c(N)c12. The molecule has 0 amide bonds.